The molecule has 0 fully saturated rings. The van der Waals surface area contributed by atoms with Gasteiger partial charge >= 0.3 is 0 Å². The third-order valence-electron chi connectivity index (χ3n) is 0.972. The number of likely N-dealkylation sites (N-methyl/N-ethyl adjacent to an activating group) is 1. The Morgan fingerprint density at radius 1 is 1.56 bits per heavy atom. The van der Waals surface area contributed by atoms with Crippen LogP contribution in [-0.4, -0.2) is 35.4 Å². The highest BCUT2D eigenvalue weighted by molar-refractivity contribution is 5.80. The molecule has 0 saturated heterocycles. The molecule has 4 nitrogen and oxygen atoms in total. The number of nitrogens with one attached hydrogen (secondary N) is 1. The number of hydrogen-bond donors (Lipinski definition) is 3. The molecule has 1 amide bonds. The van der Waals surface area contributed by atoms with Crippen molar-refractivity contribution in [2.45, 2.75) is 19.1 Å². The molecule has 0 aromatic rings. The van der Waals surface area contributed by atoms with Gasteiger partial charge in [-0.15, -0.1) is 0 Å². The van der Waals surface area contributed by atoms with Crippen LogP contribution in [0.15, 0.2) is 0 Å². The Morgan fingerprint density at radius 3 is 2.11 bits per heavy atom. The molecule has 0 rings (SSSR count). The molecule has 0 radical (unpaired) electrons. The average molecular weight is 133 g/mol. The molecule has 0 aliphatic carbocycles. The molecule has 0 saturated carbocycles. The van der Waals surface area contributed by atoms with Crippen molar-refractivity contribution in [3.63, 3.8) is 0 Å². The third kappa shape index (κ3) is 2.43. The molecule has 0 spiro atoms. The fourth-order valence-corrected chi connectivity index (χ4v) is 0.367. The summed E-state index contributed by atoms with van der Waals surface area (Å²) < 4.78 is 0. The molecule has 3 N–H and O–H groups in total. The van der Waals surface area contributed by atoms with Gasteiger partial charge in [-0.3, -0.25) is 4.79 Å². The summed E-state index contributed by atoms with van der Waals surface area (Å²) in [5.41, 5.74) is 0. The topological polar surface area (TPSA) is 69.6 Å². The zero-order chi connectivity index (χ0) is 7.44. The van der Waals surface area contributed by atoms with Crippen molar-refractivity contribution in [2.75, 3.05) is 7.05 Å². The van der Waals surface area contributed by atoms with Gasteiger partial charge < -0.3 is 15.5 Å². The Labute approximate surface area is 53.5 Å². The van der Waals surface area contributed by atoms with Crippen molar-refractivity contribution >= 4 is 5.91 Å². The van der Waals surface area contributed by atoms with Crippen LogP contribution in [0.2, 0.25) is 0 Å². The first-order chi connectivity index (χ1) is 4.09. The lowest BCUT2D eigenvalue weighted by molar-refractivity contribution is -0.133. The minimum Gasteiger partial charge on any atom is -0.390 e. The molecular formula is C5H11NO3. The average Bonchev–Trinajstić information content (AvgIpc) is 1.84. The minimum atomic E-state index is -1.31. The summed E-state index contributed by atoms with van der Waals surface area (Å²) in [7, 11) is 1.40. The zero-order valence-electron chi connectivity index (χ0n) is 5.46. The van der Waals surface area contributed by atoms with Crippen LogP contribution < -0.4 is 5.32 Å². The fourth-order valence-electron chi connectivity index (χ4n) is 0.367. The summed E-state index contributed by atoms with van der Waals surface area (Å²) in [6, 6.07) is 0. The molecule has 0 unspecified atom stereocenters. The minimum absolute atomic E-state index is 0.565. The number of carbonyl (C=O) groups is 1. The zero-order valence-corrected chi connectivity index (χ0v) is 5.46. The van der Waals surface area contributed by atoms with Crippen LogP contribution in [0, 0.1) is 0 Å². The van der Waals surface area contributed by atoms with E-state index in [1.807, 2.05) is 0 Å². The fraction of sp³-hybridized carbons (Fsp3) is 0.800. The van der Waals surface area contributed by atoms with Gasteiger partial charge in [0.15, 0.2) is 6.10 Å². The Kier molecular flexibility index (Phi) is 3.19. The normalized spacial score (nSPS) is 16.4. The third-order valence-corrected chi connectivity index (χ3v) is 0.972. The second-order valence-corrected chi connectivity index (χ2v) is 1.80. The van der Waals surface area contributed by atoms with E-state index in [0.717, 1.165) is 0 Å². The standard InChI is InChI=1S/C5H11NO3/c1-3(7)4(8)5(9)6-2/h3-4,7-8H,1-2H3,(H,6,9)/t3-,4-/m1/s1. The highest BCUT2D eigenvalue weighted by Crippen LogP contribution is 1.89. The van der Waals surface area contributed by atoms with Crippen LogP contribution >= 0.6 is 0 Å². The van der Waals surface area contributed by atoms with Crippen LogP contribution in [0.3, 0.4) is 0 Å². The maximum Gasteiger partial charge on any atom is 0.251 e. The summed E-state index contributed by atoms with van der Waals surface area (Å²) >= 11 is 0. The van der Waals surface area contributed by atoms with E-state index in [2.05, 4.69) is 5.32 Å². The SMILES string of the molecule is CNC(=O)[C@H](O)[C@@H](C)O. The predicted molar refractivity (Wildman–Crippen MR) is 31.8 cm³/mol. The largest absolute Gasteiger partial charge is 0.390 e. The number of hydrogen-bond acceptors (Lipinski definition) is 3. The monoisotopic (exact) mass is 133 g/mol. The summed E-state index contributed by atoms with van der Waals surface area (Å²) in [5, 5.41) is 19.5. The van der Waals surface area contributed by atoms with E-state index in [4.69, 9.17) is 10.2 Å². The smallest absolute Gasteiger partial charge is 0.251 e. The van der Waals surface area contributed by atoms with Gasteiger partial charge in [-0.2, -0.15) is 0 Å². The van der Waals surface area contributed by atoms with Crippen LogP contribution in [0.5, 0.6) is 0 Å². The van der Waals surface area contributed by atoms with Crippen molar-refractivity contribution in [1.29, 1.82) is 0 Å². The number of carbonyl (C=O) groups excluding carboxylic acids is 1. The predicted octanol–water partition coefficient (Wildman–Crippen LogP) is -1.53. The van der Waals surface area contributed by atoms with Crippen LogP contribution in [0.1, 0.15) is 6.92 Å². The van der Waals surface area contributed by atoms with E-state index in [1.54, 1.807) is 0 Å². The molecule has 4 heteroatoms. The van der Waals surface area contributed by atoms with Gasteiger partial charge in [-0.25, -0.2) is 0 Å². The van der Waals surface area contributed by atoms with Crippen molar-refractivity contribution in [2.24, 2.45) is 0 Å². The Bertz CT molecular complexity index is 102. The van der Waals surface area contributed by atoms with Crippen molar-refractivity contribution < 1.29 is 15.0 Å². The molecule has 9 heavy (non-hydrogen) atoms. The van der Waals surface area contributed by atoms with E-state index < -0.39 is 18.1 Å². The summed E-state index contributed by atoms with van der Waals surface area (Å²) in [4.78, 5) is 10.4. The first kappa shape index (κ1) is 8.39. The molecule has 0 aliphatic rings. The van der Waals surface area contributed by atoms with Crippen molar-refractivity contribution in [3.8, 4) is 0 Å². The second kappa shape index (κ2) is 3.42. The number of amides is 1. The molecule has 0 heterocycles. The molecule has 54 valence electrons. The van der Waals surface area contributed by atoms with Gasteiger partial charge in [0, 0.05) is 7.05 Å². The van der Waals surface area contributed by atoms with Gasteiger partial charge in [0.05, 0.1) is 6.10 Å². The maximum atomic E-state index is 10.4. The summed E-state index contributed by atoms with van der Waals surface area (Å²) in [6.45, 7) is 1.35. The lowest BCUT2D eigenvalue weighted by atomic mass is 10.2. The summed E-state index contributed by atoms with van der Waals surface area (Å²) in [5.74, 6) is -0.565. The quantitative estimate of drug-likeness (QED) is 0.428. The van der Waals surface area contributed by atoms with Crippen molar-refractivity contribution in [3.05, 3.63) is 0 Å². The molecule has 0 aromatic carbocycles. The van der Waals surface area contributed by atoms with Crippen molar-refractivity contribution in [1.82, 2.24) is 5.32 Å². The van der Waals surface area contributed by atoms with Gasteiger partial charge in [-0.1, -0.05) is 0 Å². The lowest BCUT2D eigenvalue weighted by Crippen LogP contribution is -2.39. The summed E-state index contributed by atoms with van der Waals surface area (Å²) in [6.07, 6.45) is -2.32. The first-order valence-corrected chi connectivity index (χ1v) is 2.67. The van der Waals surface area contributed by atoms with Crippen LogP contribution in [-0.2, 0) is 4.79 Å². The second-order valence-electron chi connectivity index (χ2n) is 1.80. The van der Waals surface area contributed by atoms with Gasteiger partial charge in [0.1, 0.15) is 0 Å². The highest BCUT2D eigenvalue weighted by atomic mass is 16.3. The molecule has 2 atom stereocenters. The molecule has 0 aromatic heterocycles. The highest BCUT2D eigenvalue weighted by Gasteiger charge is 2.17. The van der Waals surface area contributed by atoms with Gasteiger partial charge in [-0.05, 0) is 6.92 Å². The van der Waals surface area contributed by atoms with E-state index in [9.17, 15) is 4.79 Å². The number of rotatable bonds is 2. The van der Waals surface area contributed by atoms with E-state index >= 15 is 0 Å². The molecule has 0 bridgehead atoms. The van der Waals surface area contributed by atoms with E-state index in [0.29, 0.717) is 0 Å². The Morgan fingerprint density at radius 2 is 2.00 bits per heavy atom. The van der Waals surface area contributed by atoms with E-state index in [1.165, 1.54) is 14.0 Å². The van der Waals surface area contributed by atoms with Crippen LogP contribution in [0.4, 0.5) is 0 Å². The maximum absolute atomic E-state index is 10.4. The van der Waals surface area contributed by atoms with Gasteiger partial charge in [0.2, 0.25) is 0 Å². The lowest BCUT2D eigenvalue weighted by Gasteiger charge is -2.10. The number of aliphatic hydroxyl groups is 2. The van der Waals surface area contributed by atoms with Crippen LogP contribution in [0.25, 0.3) is 0 Å². The first-order valence-electron chi connectivity index (χ1n) is 2.67. The number of aliphatic hydroxyl groups excluding tert-OH is 2. The molecule has 0 aliphatic heterocycles. The Hall–Kier alpha value is -0.610. The van der Waals surface area contributed by atoms with E-state index in [-0.39, 0.29) is 0 Å². The van der Waals surface area contributed by atoms with Gasteiger partial charge in [0.25, 0.3) is 5.91 Å². The Balaban J connectivity index is 3.72. The molecular weight excluding hydrogens is 122 g/mol.